The second kappa shape index (κ2) is 8.89. The second-order valence-electron chi connectivity index (χ2n) is 8.07. The Morgan fingerprint density at radius 2 is 1.94 bits per heavy atom. The maximum atomic E-state index is 13.3. The Morgan fingerprint density at radius 1 is 1.13 bits per heavy atom. The Labute approximate surface area is 183 Å². The van der Waals surface area contributed by atoms with E-state index in [2.05, 4.69) is 25.2 Å². The van der Waals surface area contributed by atoms with Crippen molar-refractivity contribution in [1.29, 1.82) is 0 Å². The van der Waals surface area contributed by atoms with Crippen molar-refractivity contribution in [2.45, 2.75) is 41.9 Å². The Hall–Kier alpha value is -2.56. The van der Waals surface area contributed by atoms with E-state index in [4.69, 9.17) is 15.5 Å². The van der Waals surface area contributed by atoms with Crippen LogP contribution in [0.2, 0.25) is 0 Å². The molecule has 0 radical (unpaired) electrons. The van der Waals surface area contributed by atoms with Crippen LogP contribution in [-0.4, -0.2) is 61.7 Å². The third-order valence-corrected chi connectivity index (χ3v) is 7.77. The van der Waals surface area contributed by atoms with E-state index in [0.717, 1.165) is 60.5 Å². The lowest BCUT2D eigenvalue weighted by Crippen LogP contribution is -2.36. The lowest BCUT2D eigenvalue weighted by molar-refractivity contribution is 0.122. The van der Waals surface area contributed by atoms with Gasteiger partial charge >= 0.3 is 0 Å². The molecule has 0 spiro atoms. The van der Waals surface area contributed by atoms with Gasteiger partial charge in [0.25, 0.3) is 0 Å². The van der Waals surface area contributed by atoms with E-state index in [9.17, 15) is 4.21 Å². The molecule has 31 heavy (non-hydrogen) atoms. The Morgan fingerprint density at radius 3 is 2.74 bits per heavy atom. The number of imidazole rings is 1. The minimum atomic E-state index is -1.13. The van der Waals surface area contributed by atoms with Crippen LogP contribution >= 0.6 is 0 Å². The van der Waals surface area contributed by atoms with Crippen molar-refractivity contribution < 1.29 is 8.95 Å². The van der Waals surface area contributed by atoms with Gasteiger partial charge in [0.2, 0.25) is 11.9 Å². The van der Waals surface area contributed by atoms with Crippen molar-refractivity contribution in [2.75, 3.05) is 36.5 Å². The number of hydrogen-bond donors (Lipinski definition) is 3. The van der Waals surface area contributed by atoms with Gasteiger partial charge in [-0.3, -0.25) is 4.21 Å². The highest BCUT2D eigenvalue weighted by molar-refractivity contribution is 7.86. The molecule has 2 aliphatic rings. The molecule has 5 rings (SSSR count). The third-order valence-electron chi connectivity index (χ3n) is 5.93. The number of hydrogen-bond acceptors (Lipinski definition) is 8. The van der Waals surface area contributed by atoms with Gasteiger partial charge in [0.15, 0.2) is 0 Å². The van der Waals surface area contributed by atoms with E-state index in [0.29, 0.717) is 25.0 Å². The maximum Gasteiger partial charge on any atom is 0.228 e. The smallest absolute Gasteiger partial charge is 0.228 e. The molecule has 0 amide bonds. The Kier molecular flexibility index (Phi) is 5.84. The molecule has 3 heterocycles. The summed E-state index contributed by atoms with van der Waals surface area (Å²) in [6.45, 7) is 3.01. The Balaban J connectivity index is 1.37. The first-order valence-corrected chi connectivity index (χ1v) is 12.0. The topological polar surface area (TPSA) is 122 Å². The Bertz CT molecular complexity index is 1070. The molecule has 1 saturated carbocycles. The number of benzene rings is 1. The minimum Gasteiger partial charge on any atom is -0.378 e. The molecule has 164 valence electrons. The summed E-state index contributed by atoms with van der Waals surface area (Å²) in [6, 6.07) is 6.01. The van der Waals surface area contributed by atoms with Gasteiger partial charge in [-0.2, -0.15) is 0 Å². The number of anilines is 3. The number of para-hydroxylation sites is 1. The molecule has 0 bridgehead atoms. The summed E-state index contributed by atoms with van der Waals surface area (Å²) in [5, 5.41) is 4.20. The van der Waals surface area contributed by atoms with Crippen molar-refractivity contribution in [1.82, 2.24) is 19.9 Å². The van der Waals surface area contributed by atoms with Gasteiger partial charge in [0.1, 0.15) is 5.82 Å². The molecular formula is C21H27N7O2S. The number of nitrogens with zero attached hydrogens (tertiary/aromatic N) is 4. The molecule has 4 N–H and O–H groups in total. The molecule has 2 fully saturated rings. The summed E-state index contributed by atoms with van der Waals surface area (Å²) in [7, 11) is -1.13. The molecule has 1 aliphatic heterocycles. The normalized spacial score (nSPS) is 23.1. The predicted octanol–water partition coefficient (Wildman–Crippen LogP) is 2.31. The van der Waals surface area contributed by atoms with Crippen molar-refractivity contribution in [3.63, 3.8) is 0 Å². The average molecular weight is 442 g/mol. The average Bonchev–Trinajstić information content (AvgIpc) is 3.28. The minimum absolute atomic E-state index is 0.125. The van der Waals surface area contributed by atoms with Gasteiger partial charge < -0.3 is 25.7 Å². The first-order valence-electron chi connectivity index (χ1n) is 10.7. The van der Waals surface area contributed by atoms with Crippen LogP contribution in [0.25, 0.3) is 10.9 Å². The number of fused-ring (bicyclic) bond motifs is 1. The van der Waals surface area contributed by atoms with Crippen LogP contribution in [0.1, 0.15) is 25.7 Å². The van der Waals surface area contributed by atoms with E-state index in [-0.39, 0.29) is 11.3 Å². The summed E-state index contributed by atoms with van der Waals surface area (Å²) in [6.07, 6.45) is 7.12. The first kappa shape index (κ1) is 20.3. The number of ether oxygens (including phenoxy) is 1. The van der Waals surface area contributed by atoms with Gasteiger partial charge in [0, 0.05) is 36.0 Å². The fourth-order valence-corrected chi connectivity index (χ4v) is 5.79. The van der Waals surface area contributed by atoms with Crippen molar-refractivity contribution >= 4 is 39.4 Å². The largest absolute Gasteiger partial charge is 0.378 e. The summed E-state index contributed by atoms with van der Waals surface area (Å²) in [5.41, 5.74) is 6.75. The zero-order chi connectivity index (χ0) is 21.2. The van der Waals surface area contributed by atoms with Crippen LogP contribution in [0.3, 0.4) is 0 Å². The van der Waals surface area contributed by atoms with Crippen LogP contribution < -0.4 is 16.0 Å². The van der Waals surface area contributed by atoms with Crippen LogP contribution in [0.4, 0.5) is 17.7 Å². The van der Waals surface area contributed by atoms with E-state index in [1.165, 1.54) is 0 Å². The second-order valence-corrected chi connectivity index (χ2v) is 9.77. The predicted molar refractivity (Wildman–Crippen MR) is 121 cm³/mol. The van der Waals surface area contributed by atoms with E-state index >= 15 is 0 Å². The number of nitrogens with one attached hydrogen (secondary N) is 2. The molecule has 1 aromatic carbocycles. The highest BCUT2D eigenvalue weighted by Gasteiger charge is 2.26. The molecule has 9 nitrogen and oxygen atoms in total. The molecule has 1 unspecified atom stereocenters. The van der Waals surface area contributed by atoms with Gasteiger partial charge in [-0.25, -0.2) is 15.0 Å². The first-order chi connectivity index (χ1) is 15.2. The lowest BCUT2D eigenvalue weighted by Gasteiger charge is -2.26. The number of aromatic amines is 1. The SMILES string of the molecule is NC1CCC(S(=O)c2cccc3cnc(Nc4cnc(N5CCOCC5)[nH]4)nc23)CC1. The zero-order valence-electron chi connectivity index (χ0n) is 17.3. The standard InChI is InChI=1S/C21H27N7O2S/c22-15-4-6-16(7-5-15)31(29)17-3-1-2-14-12-23-20(27-19(14)17)25-18-13-24-21(26-18)28-8-10-30-11-9-28/h1-3,12-13,15-16H,4-11,22H2,(H,24,26)(H,23,25,27). The lowest BCUT2D eigenvalue weighted by atomic mass is 9.96. The number of rotatable bonds is 5. The van der Waals surface area contributed by atoms with E-state index in [1.807, 2.05) is 18.2 Å². The highest BCUT2D eigenvalue weighted by Crippen LogP contribution is 2.29. The molecule has 1 atom stereocenters. The fourth-order valence-electron chi connectivity index (χ4n) is 4.16. The summed E-state index contributed by atoms with van der Waals surface area (Å²) in [5.74, 6) is 1.95. The fraction of sp³-hybridized carbons (Fsp3) is 0.476. The number of nitrogens with two attached hydrogens (primary N) is 1. The number of morpholine rings is 1. The molecule has 2 aromatic heterocycles. The van der Waals surface area contributed by atoms with Gasteiger partial charge in [0.05, 0.1) is 40.6 Å². The summed E-state index contributed by atoms with van der Waals surface area (Å²) in [4.78, 5) is 19.8. The number of aromatic nitrogens is 4. The molecular weight excluding hydrogens is 414 g/mol. The van der Waals surface area contributed by atoms with Crippen molar-refractivity contribution in [3.05, 3.63) is 30.6 Å². The zero-order valence-corrected chi connectivity index (χ0v) is 18.1. The van der Waals surface area contributed by atoms with E-state index in [1.54, 1.807) is 12.4 Å². The van der Waals surface area contributed by atoms with Crippen LogP contribution in [0, 0.1) is 0 Å². The summed E-state index contributed by atoms with van der Waals surface area (Å²) >= 11 is 0. The van der Waals surface area contributed by atoms with Crippen LogP contribution in [0.15, 0.2) is 35.5 Å². The molecule has 1 aliphatic carbocycles. The molecule has 10 heteroatoms. The monoisotopic (exact) mass is 441 g/mol. The van der Waals surface area contributed by atoms with Gasteiger partial charge in [-0.05, 0) is 31.7 Å². The van der Waals surface area contributed by atoms with E-state index < -0.39 is 10.8 Å². The number of H-pyrrole nitrogens is 1. The third kappa shape index (κ3) is 4.41. The van der Waals surface area contributed by atoms with Gasteiger partial charge in [-0.15, -0.1) is 0 Å². The highest BCUT2D eigenvalue weighted by atomic mass is 32.2. The van der Waals surface area contributed by atoms with Crippen LogP contribution in [0.5, 0.6) is 0 Å². The summed E-state index contributed by atoms with van der Waals surface area (Å²) < 4.78 is 18.7. The molecule has 3 aromatic rings. The van der Waals surface area contributed by atoms with Crippen molar-refractivity contribution in [3.8, 4) is 0 Å². The molecule has 1 saturated heterocycles. The van der Waals surface area contributed by atoms with Crippen LogP contribution in [-0.2, 0) is 15.5 Å². The van der Waals surface area contributed by atoms with Gasteiger partial charge in [-0.1, -0.05) is 12.1 Å². The quantitative estimate of drug-likeness (QED) is 0.551. The maximum absolute atomic E-state index is 13.3. The van der Waals surface area contributed by atoms with Crippen molar-refractivity contribution in [2.24, 2.45) is 5.73 Å².